The average Bonchev–Trinajstić information content (AvgIpc) is 3.03. The Balaban J connectivity index is 1.87. The highest BCUT2D eigenvalue weighted by Gasteiger charge is 2.46. The molecule has 26 heavy (non-hydrogen) atoms. The van der Waals surface area contributed by atoms with E-state index in [9.17, 15) is 9.90 Å². The molecule has 1 heterocycles. The zero-order valence-electron chi connectivity index (χ0n) is 14.7. The number of nitrogens with zero attached hydrogens (tertiary/aromatic N) is 1. The van der Waals surface area contributed by atoms with Crippen LogP contribution in [0.4, 0.5) is 5.69 Å². The van der Waals surface area contributed by atoms with E-state index < -0.39 is 5.60 Å². The Labute approximate surface area is 153 Å². The number of anilines is 1. The second-order valence-electron chi connectivity index (χ2n) is 6.80. The number of aliphatic hydroxyl groups is 1. The fourth-order valence-electron chi connectivity index (χ4n) is 3.82. The van der Waals surface area contributed by atoms with Gasteiger partial charge in [0, 0.05) is 11.7 Å². The molecule has 1 aliphatic rings. The second kappa shape index (κ2) is 6.43. The van der Waals surface area contributed by atoms with E-state index in [0.29, 0.717) is 11.1 Å². The standard InChI is InChI=1S/C23H21NO2/c1-17-16-18-10-8-9-15-21(18)24(17)22(25)23(26,19-11-4-2-5-12-19)20-13-6-3-7-14-20/h2-15,17,26H,16H2,1H3. The summed E-state index contributed by atoms with van der Waals surface area (Å²) in [6, 6.07) is 26.3. The number of hydrogen-bond donors (Lipinski definition) is 1. The van der Waals surface area contributed by atoms with Gasteiger partial charge in [0.1, 0.15) is 0 Å². The van der Waals surface area contributed by atoms with Crippen LogP contribution in [-0.2, 0) is 16.8 Å². The summed E-state index contributed by atoms with van der Waals surface area (Å²) < 4.78 is 0. The maximum absolute atomic E-state index is 13.7. The van der Waals surface area contributed by atoms with Crippen molar-refractivity contribution in [3.8, 4) is 0 Å². The van der Waals surface area contributed by atoms with Gasteiger partial charge < -0.3 is 10.0 Å². The van der Waals surface area contributed by atoms with Gasteiger partial charge in [-0.25, -0.2) is 0 Å². The monoisotopic (exact) mass is 343 g/mol. The summed E-state index contributed by atoms with van der Waals surface area (Å²) in [4.78, 5) is 15.5. The second-order valence-corrected chi connectivity index (χ2v) is 6.80. The molecule has 0 aromatic heterocycles. The smallest absolute Gasteiger partial charge is 0.268 e. The molecular formula is C23H21NO2. The highest BCUT2D eigenvalue weighted by atomic mass is 16.3. The zero-order valence-corrected chi connectivity index (χ0v) is 14.7. The van der Waals surface area contributed by atoms with Crippen molar-refractivity contribution in [3.05, 3.63) is 102 Å². The maximum atomic E-state index is 13.7. The van der Waals surface area contributed by atoms with Gasteiger partial charge in [-0.3, -0.25) is 4.79 Å². The largest absolute Gasteiger partial charge is 0.372 e. The van der Waals surface area contributed by atoms with Gasteiger partial charge in [0.2, 0.25) is 0 Å². The first-order valence-electron chi connectivity index (χ1n) is 8.87. The zero-order chi connectivity index (χ0) is 18.1. The Bertz CT molecular complexity index is 882. The third-order valence-corrected chi connectivity index (χ3v) is 5.12. The Hall–Kier alpha value is -2.91. The summed E-state index contributed by atoms with van der Waals surface area (Å²) in [7, 11) is 0. The lowest BCUT2D eigenvalue weighted by Gasteiger charge is -2.34. The molecule has 1 atom stereocenters. The van der Waals surface area contributed by atoms with Crippen LogP contribution in [0.2, 0.25) is 0 Å². The van der Waals surface area contributed by atoms with Crippen molar-refractivity contribution >= 4 is 11.6 Å². The molecule has 1 unspecified atom stereocenters. The van der Waals surface area contributed by atoms with Crippen molar-refractivity contribution in [2.24, 2.45) is 0 Å². The molecule has 130 valence electrons. The third kappa shape index (κ3) is 2.52. The van der Waals surface area contributed by atoms with Crippen LogP contribution < -0.4 is 4.90 Å². The highest BCUT2D eigenvalue weighted by molar-refractivity contribution is 6.04. The molecule has 3 heteroatoms. The fourth-order valence-corrected chi connectivity index (χ4v) is 3.82. The number of carbonyl (C=O) groups excluding carboxylic acids is 1. The van der Waals surface area contributed by atoms with Crippen LogP contribution >= 0.6 is 0 Å². The predicted octanol–water partition coefficient (Wildman–Crippen LogP) is 3.90. The van der Waals surface area contributed by atoms with Crippen molar-refractivity contribution in [2.75, 3.05) is 4.90 Å². The number of benzene rings is 3. The predicted molar refractivity (Wildman–Crippen MR) is 103 cm³/mol. The molecule has 3 aromatic rings. The summed E-state index contributed by atoms with van der Waals surface area (Å²) in [6.45, 7) is 2.02. The Morgan fingerprint density at radius 2 is 1.38 bits per heavy atom. The molecule has 1 aliphatic heterocycles. The fraction of sp³-hybridized carbons (Fsp3) is 0.174. The molecule has 0 radical (unpaired) electrons. The van der Waals surface area contributed by atoms with E-state index in [1.807, 2.05) is 67.6 Å². The third-order valence-electron chi connectivity index (χ3n) is 5.12. The van der Waals surface area contributed by atoms with Crippen LogP contribution in [0.25, 0.3) is 0 Å². The molecule has 1 N–H and O–H groups in total. The summed E-state index contributed by atoms with van der Waals surface area (Å²) >= 11 is 0. The summed E-state index contributed by atoms with van der Waals surface area (Å²) in [6.07, 6.45) is 0.793. The Kier molecular flexibility index (Phi) is 4.09. The molecule has 3 aromatic carbocycles. The number of fused-ring (bicyclic) bond motifs is 1. The summed E-state index contributed by atoms with van der Waals surface area (Å²) in [5.74, 6) is -0.313. The number of para-hydroxylation sites is 1. The minimum Gasteiger partial charge on any atom is -0.372 e. The molecule has 3 nitrogen and oxygen atoms in total. The molecule has 1 amide bonds. The maximum Gasteiger partial charge on any atom is 0.268 e. The minimum atomic E-state index is -1.73. The first-order chi connectivity index (χ1) is 12.6. The van der Waals surface area contributed by atoms with Crippen LogP contribution in [0.3, 0.4) is 0 Å². The SMILES string of the molecule is CC1Cc2ccccc2N1C(=O)C(O)(c1ccccc1)c1ccccc1. The topological polar surface area (TPSA) is 40.5 Å². The molecule has 0 spiro atoms. The van der Waals surface area contributed by atoms with Gasteiger partial charge >= 0.3 is 0 Å². The van der Waals surface area contributed by atoms with E-state index in [-0.39, 0.29) is 11.9 Å². The minimum absolute atomic E-state index is 0.00107. The lowest BCUT2D eigenvalue weighted by Crippen LogP contribution is -2.50. The van der Waals surface area contributed by atoms with Gasteiger partial charge in [0.25, 0.3) is 5.91 Å². The van der Waals surface area contributed by atoms with Gasteiger partial charge in [0.05, 0.1) is 0 Å². The Morgan fingerprint density at radius 1 is 0.885 bits per heavy atom. The molecule has 0 saturated carbocycles. The van der Waals surface area contributed by atoms with Crippen LogP contribution in [0.5, 0.6) is 0 Å². The quantitative estimate of drug-likeness (QED) is 0.783. The number of amides is 1. The summed E-state index contributed by atoms with van der Waals surface area (Å²) in [5.41, 5.74) is 1.45. The summed E-state index contributed by atoms with van der Waals surface area (Å²) in [5, 5.41) is 11.7. The van der Waals surface area contributed by atoms with Crippen molar-refractivity contribution in [1.29, 1.82) is 0 Å². The van der Waals surface area contributed by atoms with E-state index >= 15 is 0 Å². The van der Waals surface area contributed by atoms with Gasteiger partial charge in [0.15, 0.2) is 5.60 Å². The van der Waals surface area contributed by atoms with E-state index in [1.165, 1.54) is 0 Å². The Morgan fingerprint density at radius 3 is 1.96 bits per heavy atom. The van der Waals surface area contributed by atoms with Crippen LogP contribution in [0.1, 0.15) is 23.6 Å². The number of hydrogen-bond acceptors (Lipinski definition) is 2. The molecule has 4 rings (SSSR count). The van der Waals surface area contributed by atoms with Crippen LogP contribution in [0, 0.1) is 0 Å². The van der Waals surface area contributed by atoms with Crippen molar-refractivity contribution in [2.45, 2.75) is 25.0 Å². The molecule has 0 bridgehead atoms. The highest BCUT2D eigenvalue weighted by Crippen LogP contribution is 2.38. The van der Waals surface area contributed by atoms with Crippen LogP contribution in [-0.4, -0.2) is 17.1 Å². The van der Waals surface area contributed by atoms with E-state index in [4.69, 9.17) is 0 Å². The molecule has 0 fully saturated rings. The lowest BCUT2D eigenvalue weighted by molar-refractivity contribution is -0.134. The van der Waals surface area contributed by atoms with Gasteiger partial charge in [-0.2, -0.15) is 0 Å². The number of carbonyl (C=O) groups is 1. The molecule has 0 saturated heterocycles. The van der Waals surface area contributed by atoms with Gasteiger partial charge in [-0.1, -0.05) is 78.9 Å². The molecular weight excluding hydrogens is 322 g/mol. The van der Waals surface area contributed by atoms with Gasteiger partial charge in [-0.05, 0) is 36.1 Å². The lowest BCUT2D eigenvalue weighted by atomic mass is 9.84. The number of rotatable bonds is 3. The van der Waals surface area contributed by atoms with E-state index in [0.717, 1.165) is 17.7 Å². The van der Waals surface area contributed by atoms with Gasteiger partial charge in [-0.15, -0.1) is 0 Å². The van der Waals surface area contributed by atoms with E-state index in [2.05, 4.69) is 0 Å². The van der Waals surface area contributed by atoms with Crippen molar-refractivity contribution < 1.29 is 9.90 Å². The van der Waals surface area contributed by atoms with Crippen LogP contribution in [0.15, 0.2) is 84.9 Å². The molecule has 0 aliphatic carbocycles. The van der Waals surface area contributed by atoms with Crippen molar-refractivity contribution in [3.63, 3.8) is 0 Å². The first-order valence-corrected chi connectivity index (χ1v) is 8.87. The average molecular weight is 343 g/mol. The first kappa shape index (κ1) is 16.6. The van der Waals surface area contributed by atoms with E-state index in [1.54, 1.807) is 29.2 Å². The van der Waals surface area contributed by atoms with Crippen molar-refractivity contribution in [1.82, 2.24) is 0 Å². The normalized spacial score (nSPS) is 16.4.